The van der Waals surface area contributed by atoms with E-state index < -0.39 is 0 Å². The Hall–Kier alpha value is -4.76. The van der Waals surface area contributed by atoms with E-state index >= 15 is 0 Å². The van der Waals surface area contributed by atoms with Crippen molar-refractivity contribution in [1.29, 1.82) is 0 Å². The van der Waals surface area contributed by atoms with Crippen LogP contribution in [0.2, 0.25) is 0 Å². The van der Waals surface area contributed by atoms with E-state index in [0.717, 1.165) is 33.5 Å². The first-order valence-electron chi connectivity index (χ1n) is 11.8. The lowest BCUT2D eigenvalue weighted by Crippen LogP contribution is -1.93. The molecule has 0 radical (unpaired) electrons. The summed E-state index contributed by atoms with van der Waals surface area (Å²) in [5, 5.41) is 2.39. The Bertz CT molecular complexity index is 1830. The smallest absolute Gasteiger partial charge is 0.0900 e. The molecule has 0 saturated carbocycles. The van der Waals surface area contributed by atoms with Crippen molar-refractivity contribution in [3.8, 4) is 28.1 Å². The van der Waals surface area contributed by atoms with Gasteiger partial charge in [-0.05, 0) is 53.6 Å². The van der Waals surface area contributed by atoms with Crippen LogP contribution in [0.4, 0.5) is 0 Å². The van der Waals surface area contributed by atoms with Gasteiger partial charge in [-0.15, -0.1) is 0 Å². The highest BCUT2D eigenvalue weighted by molar-refractivity contribution is 6.16. The number of aromatic nitrogens is 3. The molecule has 7 rings (SSSR count). The lowest BCUT2D eigenvalue weighted by Gasteiger charge is -2.08. The molecule has 0 fully saturated rings. The van der Waals surface area contributed by atoms with Crippen molar-refractivity contribution < 1.29 is 0 Å². The molecule has 35 heavy (non-hydrogen) atoms. The molecule has 3 heteroatoms. The molecule has 0 amide bonds. The van der Waals surface area contributed by atoms with Gasteiger partial charge in [0.05, 0.1) is 34.0 Å². The van der Waals surface area contributed by atoms with Crippen molar-refractivity contribution >= 4 is 32.8 Å². The van der Waals surface area contributed by atoms with Crippen LogP contribution in [0.5, 0.6) is 0 Å². The summed E-state index contributed by atoms with van der Waals surface area (Å²) in [5.41, 5.74) is 9.65. The zero-order valence-electron chi connectivity index (χ0n) is 19.0. The summed E-state index contributed by atoms with van der Waals surface area (Å²) in [6.07, 6.45) is 1.89. The van der Waals surface area contributed by atoms with Crippen molar-refractivity contribution in [3.05, 3.63) is 128 Å². The normalized spacial score (nSPS) is 11.4. The second-order valence-electron chi connectivity index (χ2n) is 8.71. The van der Waals surface area contributed by atoms with E-state index in [0.29, 0.717) is 0 Å². The lowest BCUT2D eigenvalue weighted by molar-refractivity contribution is 1.18. The maximum atomic E-state index is 4.99. The van der Waals surface area contributed by atoms with Gasteiger partial charge in [0.25, 0.3) is 0 Å². The monoisotopic (exact) mass is 447 g/mol. The molecule has 0 bridgehead atoms. The SMILES string of the molecule is c1ccc(-c2ccc3c(c2)c2c(-c4cnc5ccccc5n4)cccc2n3-c2ccccc2)cc1. The Morgan fingerprint density at radius 1 is 0.543 bits per heavy atom. The van der Waals surface area contributed by atoms with Crippen molar-refractivity contribution in [2.24, 2.45) is 0 Å². The highest BCUT2D eigenvalue weighted by Gasteiger charge is 2.17. The average molecular weight is 448 g/mol. The molecule has 0 aliphatic heterocycles. The molecular weight excluding hydrogens is 426 g/mol. The van der Waals surface area contributed by atoms with Crippen LogP contribution in [-0.4, -0.2) is 14.5 Å². The summed E-state index contributed by atoms with van der Waals surface area (Å²) in [6.45, 7) is 0. The van der Waals surface area contributed by atoms with Gasteiger partial charge in [0.1, 0.15) is 0 Å². The zero-order valence-corrected chi connectivity index (χ0v) is 19.0. The summed E-state index contributed by atoms with van der Waals surface area (Å²) in [5.74, 6) is 0. The molecule has 7 aromatic rings. The summed E-state index contributed by atoms with van der Waals surface area (Å²) >= 11 is 0. The fourth-order valence-electron chi connectivity index (χ4n) is 5.04. The fourth-order valence-corrected chi connectivity index (χ4v) is 5.04. The Labute approximate surface area is 203 Å². The number of para-hydroxylation sites is 3. The molecule has 0 N–H and O–H groups in total. The van der Waals surface area contributed by atoms with Gasteiger partial charge in [0.15, 0.2) is 0 Å². The maximum Gasteiger partial charge on any atom is 0.0900 e. The largest absolute Gasteiger partial charge is 0.309 e. The van der Waals surface area contributed by atoms with Crippen LogP contribution in [0, 0.1) is 0 Å². The molecule has 0 saturated heterocycles. The number of nitrogens with zero attached hydrogens (tertiary/aromatic N) is 3. The molecular formula is C32H21N3. The van der Waals surface area contributed by atoms with Crippen LogP contribution >= 0.6 is 0 Å². The molecule has 2 aromatic heterocycles. The van der Waals surface area contributed by atoms with Crippen molar-refractivity contribution in [2.75, 3.05) is 0 Å². The number of hydrogen-bond acceptors (Lipinski definition) is 2. The maximum absolute atomic E-state index is 4.99. The fraction of sp³-hybridized carbons (Fsp3) is 0. The number of fused-ring (bicyclic) bond motifs is 4. The van der Waals surface area contributed by atoms with E-state index in [2.05, 4.69) is 102 Å². The Morgan fingerprint density at radius 3 is 2.11 bits per heavy atom. The molecule has 2 heterocycles. The van der Waals surface area contributed by atoms with Gasteiger partial charge in [-0.3, -0.25) is 4.98 Å². The number of hydrogen-bond donors (Lipinski definition) is 0. The van der Waals surface area contributed by atoms with Crippen molar-refractivity contribution in [2.45, 2.75) is 0 Å². The Kier molecular flexibility index (Phi) is 4.46. The van der Waals surface area contributed by atoms with Crippen molar-refractivity contribution in [1.82, 2.24) is 14.5 Å². The van der Waals surface area contributed by atoms with Crippen LogP contribution in [0.1, 0.15) is 0 Å². The van der Waals surface area contributed by atoms with Crippen LogP contribution in [0.25, 0.3) is 60.9 Å². The molecule has 5 aromatic carbocycles. The average Bonchev–Trinajstić information content (AvgIpc) is 3.27. The molecule has 0 spiro atoms. The van der Waals surface area contributed by atoms with Gasteiger partial charge >= 0.3 is 0 Å². The molecule has 164 valence electrons. The quantitative estimate of drug-likeness (QED) is 0.274. The minimum Gasteiger partial charge on any atom is -0.309 e. The molecule has 3 nitrogen and oxygen atoms in total. The lowest BCUT2D eigenvalue weighted by atomic mass is 10.00. The van der Waals surface area contributed by atoms with E-state index in [1.54, 1.807) is 0 Å². The van der Waals surface area contributed by atoms with Gasteiger partial charge in [-0.25, -0.2) is 4.98 Å². The Morgan fingerprint density at radius 2 is 1.29 bits per heavy atom. The van der Waals surface area contributed by atoms with E-state index in [-0.39, 0.29) is 0 Å². The zero-order chi connectivity index (χ0) is 23.2. The van der Waals surface area contributed by atoms with Gasteiger partial charge < -0.3 is 4.57 Å². The molecule has 0 unspecified atom stereocenters. The van der Waals surface area contributed by atoms with Crippen LogP contribution < -0.4 is 0 Å². The highest BCUT2D eigenvalue weighted by atomic mass is 15.0. The number of benzene rings is 5. The van der Waals surface area contributed by atoms with E-state index in [1.165, 1.54) is 27.4 Å². The predicted molar refractivity (Wildman–Crippen MR) is 145 cm³/mol. The predicted octanol–water partition coefficient (Wildman–Crippen LogP) is 8.06. The third-order valence-corrected chi connectivity index (χ3v) is 6.64. The minimum atomic E-state index is 0.881. The van der Waals surface area contributed by atoms with Crippen LogP contribution in [-0.2, 0) is 0 Å². The summed E-state index contributed by atoms with van der Waals surface area (Å²) in [6, 6.07) is 42.4. The van der Waals surface area contributed by atoms with E-state index in [9.17, 15) is 0 Å². The molecule has 0 aliphatic rings. The van der Waals surface area contributed by atoms with Crippen LogP contribution in [0.3, 0.4) is 0 Å². The third-order valence-electron chi connectivity index (χ3n) is 6.64. The third kappa shape index (κ3) is 3.21. The van der Waals surface area contributed by atoms with Gasteiger partial charge in [-0.1, -0.05) is 78.9 Å². The van der Waals surface area contributed by atoms with Gasteiger partial charge in [0.2, 0.25) is 0 Å². The summed E-state index contributed by atoms with van der Waals surface area (Å²) < 4.78 is 2.34. The second-order valence-corrected chi connectivity index (χ2v) is 8.71. The second kappa shape index (κ2) is 7.93. The van der Waals surface area contributed by atoms with E-state index in [4.69, 9.17) is 9.97 Å². The van der Waals surface area contributed by atoms with Gasteiger partial charge in [-0.2, -0.15) is 0 Å². The summed E-state index contributed by atoms with van der Waals surface area (Å²) in [4.78, 5) is 9.70. The highest BCUT2D eigenvalue weighted by Crippen LogP contribution is 2.39. The molecule has 0 atom stereocenters. The topological polar surface area (TPSA) is 30.7 Å². The number of rotatable bonds is 3. The van der Waals surface area contributed by atoms with Crippen LogP contribution in [0.15, 0.2) is 128 Å². The van der Waals surface area contributed by atoms with Gasteiger partial charge in [0, 0.05) is 22.0 Å². The standard InChI is InChI=1S/C32H21N3/c1-3-10-22(11-4-1)23-18-19-30-26(20-23)32-25(29-21-33-27-15-7-8-16-28(27)34-29)14-9-17-31(32)35(30)24-12-5-2-6-13-24/h1-21H. The first kappa shape index (κ1) is 19.7. The first-order chi connectivity index (χ1) is 17.4. The van der Waals surface area contributed by atoms with E-state index in [1.807, 2.05) is 30.5 Å². The van der Waals surface area contributed by atoms with Crippen molar-refractivity contribution in [3.63, 3.8) is 0 Å². The molecule has 0 aliphatic carbocycles. The summed E-state index contributed by atoms with van der Waals surface area (Å²) in [7, 11) is 0. The first-order valence-corrected chi connectivity index (χ1v) is 11.8. The Balaban J connectivity index is 1.58. The minimum absolute atomic E-state index is 0.881.